The van der Waals surface area contributed by atoms with E-state index in [2.05, 4.69) is 6.08 Å². The van der Waals surface area contributed by atoms with Crippen molar-refractivity contribution in [3.63, 3.8) is 0 Å². The summed E-state index contributed by atoms with van der Waals surface area (Å²) in [6.45, 7) is 0. The first kappa shape index (κ1) is 20.0. The Morgan fingerprint density at radius 2 is 1.32 bits per heavy atom. The second kappa shape index (κ2) is 12.1. The van der Waals surface area contributed by atoms with Gasteiger partial charge in [0.05, 0.1) is 0 Å². The van der Waals surface area contributed by atoms with Gasteiger partial charge in [0, 0.05) is 6.08 Å². The van der Waals surface area contributed by atoms with Crippen molar-refractivity contribution in [2.75, 3.05) is 0 Å². The predicted octanol–water partition coefficient (Wildman–Crippen LogP) is 7.12. The Morgan fingerprint density at radius 3 is 2.00 bits per heavy atom. The molecule has 2 rings (SSSR count). The molecule has 0 spiro atoms. The van der Waals surface area contributed by atoms with Crippen molar-refractivity contribution in [2.24, 2.45) is 0 Å². The van der Waals surface area contributed by atoms with Gasteiger partial charge in [-0.25, -0.2) is 4.79 Å². The van der Waals surface area contributed by atoms with E-state index in [-0.39, 0.29) is 0 Å². The first-order valence-electron chi connectivity index (χ1n) is 10.6. The second-order valence-electron chi connectivity index (χ2n) is 7.69. The summed E-state index contributed by atoms with van der Waals surface area (Å²) >= 11 is 0. The summed E-state index contributed by atoms with van der Waals surface area (Å²) in [6, 6.07) is 0. The van der Waals surface area contributed by atoms with Crippen LogP contribution in [-0.4, -0.2) is 11.1 Å². The van der Waals surface area contributed by atoms with Gasteiger partial charge in [0.2, 0.25) is 0 Å². The van der Waals surface area contributed by atoms with E-state index in [1.54, 1.807) is 0 Å². The van der Waals surface area contributed by atoms with Gasteiger partial charge in [-0.05, 0) is 68.1 Å². The average Bonchev–Trinajstić information content (AvgIpc) is 2.62. The quantitative estimate of drug-likeness (QED) is 0.553. The van der Waals surface area contributed by atoms with Crippen LogP contribution in [0.4, 0.5) is 0 Å². The Labute approximate surface area is 154 Å². The summed E-state index contributed by atoms with van der Waals surface area (Å²) in [5.74, 6) is -0.830. The second-order valence-corrected chi connectivity index (χ2v) is 7.69. The van der Waals surface area contributed by atoms with Crippen LogP contribution in [0.5, 0.6) is 0 Å². The fourth-order valence-corrected chi connectivity index (χ4v) is 4.18. The molecule has 25 heavy (non-hydrogen) atoms. The van der Waals surface area contributed by atoms with Crippen LogP contribution in [0.25, 0.3) is 0 Å². The van der Waals surface area contributed by atoms with Gasteiger partial charge < -0.3 is 5.11 Å². The van der Waals surface area contributed by atoms with E-state index in [1.165, 1.54) is 113 Å². The monoisotopic (exact) mass is 344 g/mol. The maximum absolute atomic E-state index is 11.1. The first-order valence-corrected chi connectivity index (χ1v) is 10.6. The highest BCUT2D eigenvalue weighted by molar-refractivity contribution is 5.80. The molecule has 0 aliphatic heterocycles. The molecule has 0 saturated carbocycles. The zero-order valence-corrected chi connectivity index (χ0v) is 15.9. The molecule has 2 nitrogen and oxygen atoms in total. The molecule has 0 unspecified atom stereocenters. The molecule has 2 heteroatoms. The third kappa shape index (κ3) is 8.07. The smallest absolute Gasteiger partial charge is 0.328 e. The number of hydrogen-bond acceptors (Lipinski definition) is 1. The fourth-order valence-electron chi connectivity index (χ4n) is 4.18. The van der Waals surface area contributed by atoms with Crippen molar-refractivity contribution in [2.45, 2.75) is 103 Å². The van der Waals surface area contributed by atoms with Crippen LogP contribution >= 0.6 is 0 Å². The number of carbonyl (C=O) groups is 1. The minimum absolute atomic E-state index is 0.830. The van der Waals surface area contributed by atoms with E-state index < -0.39 is 5.97 Å². The van der Waals surface area contributed by atoms with Gasteiger partial charge in [-0.15, -0.1) is 0 Å². The van der Waals surface area contributed by atoms with Crippen molar-refractivity contribution < 1.29 is 9.90 Å². The molecule has 0 aromatic heterocycles. The van der Waals surface area contributed by atoms with Crippen molar-refractivity contribution >= 4 is 5.97 Å². The molecule has 0 bridgehead atoms. The van der Waals surface area contributed by atoms with Crippen molar-refractivity contribution in [3.05, 3.63) is 34.9 Å². The molecular weight excluding hydrogens is 308 g/mol. The summed E-state index contributed by atoms with van der Waals surface area (Å²) in [7, 11) is 0. The van der Waals surface area contributed by atoms with Crippen molar-refractivity contribution in [3.8, 4) is 0 Å². The van der Waals surface area contributed by atoms with E-state index >= 15 is 0 Å². The third-order valence-electron chi connectivity index (χ3n) is 5.62. The SMILES string of the molecule is O=C(O)C=CC1=C(C2=CCCCCCCCC2)CCCCCCCC1. The van der Waals surface area contributed by atoms with Crippen LogP contribution in [0.2, 0.25) is 0 Å². The number of allylic oxidation sites excluding steroid dienone is 5. The maximum Gasteiger partial charge on any atom is 0.328 e. The lowest BCUT2D eigenvalue weighted by molar-refractivity contribution is -0.131. The molecule has 0 radical (unpaired) electrons. The molecule has 0 atom stereocenters. The molecule has 0 amide bonds. The topological polar surface area (TPSA) is 37.3 Å². The molecule has 0 aromatic rings. The highest BCUT2D eigenvalue weighted by Crippen LogP contribution is 2.32. The van der Waals surface area contributed by atoms with Gasteiger partial charge in [0.15, 0.2) is 0 Å². The molecule has 2 aliphatic rings. The maximum atomic E-state index is 11.1. The predicted molar refractivity (Wildman–Crippen MR) is 106 cm³/mol. The standard InChI is InChI=1S/C23H36O2/c24-23(25)19-18-21-16-12-8-4-5-9-13-17-22(21)20-14-10-6-2-1-3-7-11-15-20/h14,18-19H,1-13,15-17H2,(H,24,25). The number of carboxylic acid groups (broad SMARTS) is 1. The van der Waals surface area contributed by atoms with Gasteiger partial charge in [0.25, 0.3) is 0 Å². The van der Waals surface area contributed by atoms with Crippen molar-refractivity contribution in [1.29, 1.82) is 0 Å². The summed E-state index contributed by atoms with van der Waals surface area (Å²) in [5.41, 5.74) is 4.32. The minimum Gasteiger partial charge on any atom is -0.478 e. The van der Waals surface area contributed by atoms with E-state index in [4.69, 9.17) is 5.11 Å². The van der Waals surface area contributed by atoms with Crippen LogP contribution in [-0.2, 0) is 4.79 Å². The van der Waals surface area contributed by atoms with E-state index in [0.29, 0.717) is 0 Å². The largest absolute Gasteiger partial charge is 0.478 e. The fraction of sp³-hybridized carbons (Fsp3) is 0.696. The molecule has 2 aliphatic carbocycles. The van der Waals surface area contributed by atoms with Gasteiger partial charge in [0.1, 0.15) is 0 Å². The van der Waals surface area contributed by atoms with E-state index in [1.807, 2.05) is 6.08 Å². The Bertz CT molecular complexity index is 496. The van der Waals surface area contributed by atoms with Gasteiger partial charge in [-0.2, -0.15) is 0 Å². The zero-order chi connectivity index (χ0) is 17.7. The molecular formula is C23H36O2. The van der Waals surface area contributed by atoms with Gasteiger partial charge in [-0.1, -0.05) is 63.5 Å². The number of carboxylic acids is 1. The average molecular weight is 345 g/mol. The van der Waals surface area contributed by atoms with E-state index in [9.17, 15) is 4.79 Å². The summed E-state index contributed by atoms with van der Waals surface area (Å²) in [4.78, 5) is 11.1. The van der Waals surface area contributed by atoms with E-state index in [0.717, 1.165) is 12.8 Å². The number of aliphatic carboxylic acids is 1. The lowest BCUT2D eigenvalue weighted by Crippen LogP contribution is -2.01. The summed E-state index contributed by atoms with van der Waals surface area (Å²) in [5, 5.41) is 9.09. The van der Waals surface area contributed by atoms with Crippen LogP contribution in [0.3, 0.4) is 0 Å². The normalized spacial score (nSPS) is 22.5. The van der Waals surface area contributed by atoms with Crippen LogP contribution in [0, 0.1) is 0 Å². The molecule has 0 saturated heterocycles. The van der Waals surface area contributed by atoms with Crippen LogP contribution < -0.4 is 0 Å². The molecule has 0 heterocycles. The van der Waals surface area contributed by atoms with Crippen LogP contribution in [0.15, 0.2) is 34.9 Å². The Hall–Kier alpha value is -1.31. The Morgan fingerprint density at radius 1 is 0.760 bits per heavy atom. The highest BCUT2D eigenvalue weighted by atomic mass is 16.4. The minimum atomic E-state index is -0.830. The highest BCUT2D eigenvalue weighted by Gasteiger charge is 2.13. The van der Waals surface area contributed by atoms with Gasteiger partial charge in [-0.3, -0.25) is 0 Å². The zero-order valence-electron chi connectivity index (χ0n) is 15.9. The molecule has 140 valence electrons. The molecule has 0 fully saturated rings. The number of rotatable bonds is 3. The summed E-state index contributed by atoms with van der Waals surface area (Å²) in [6.07, 6.45) is 26.0. The summed E-state index contributed by atoms with van der Waals surface area (Å²) < 4.78 is 0. The lowest BCUT2D eigenvalue weighted by atomic mass is 9.86. The third-order valence-corrected chi connectivity index (χ3v) is 5.62. The first-order chi connectivity index (χ1) is 12.3. The Kier molecular flexibility index (Phi) is 9.69. The Balaban J connectivity index is 2.28. The number of hydrogen-bond donors (Lipinski definition) is 1. The lowest BCUT2D eigenvalue weighted by Gasteiger charge is -2.19. The van der Waals surface area contributed by atoms with Gasteiger partial charge >= 0.3 is 5.97 Å². The van der Waals surface area contributed by atoms with Crippen molar-refractivity contribution in [1.82, 2.24) is 0 Å². The molecule has 0 aromatic carbocycles. The van der Waals surface area contributed by atoms with Crippen LogP contribution in [0.1, 0.15) is 103 Å². The molecule has 1 N–H and O–H groups in total.